The van der Waals surface area contributed by atoms with E-state index in [1.54, 1.807) is 39.5 Å². The van der Waals surface area contributed by atoms with Crippen molar-refractivity contribution in [1.29, 1.82) is 0 Å². The lowest BCUT2D eigenvalue weighted by Crippen LogP contribution is -2.41. The highest BCUT2D eigenvalue weighted by atomic mass is 16.6. The van der Waals surface area contributed by atoms with Crippen molar-refractivity contribution in [2.24, 2.45) is 14.1 Å². The third kappa shape index (κ3) is 3.64. The highest BCUT2D eigenvalue weighted by Gasteiger charge is 2.33. The summed E-state index contributed by atoms with van der Waals surface area (Å²) in [6.45, 7) is 4.91. The second-order valence-corrected chi connectivity index (χ2v) is 7.17. The Bertz CT molecular complexity index is 1140. The molecule has 0 bridgehead atoms. The first-order valence-electron chi connectivity index (χ1n) is 8.85. The largest absolute Gasteiger partial charge is 0.321 e. The number of carbonyl (C=O) groups excluding carboxylic acids is 2. The van der Waals surface area contributed by atoms with Gasteiger partial charge in [0.25, 0.3) is 11.8 Å². The van der Waals surface area contributed by atoms with E-state index < -0.39 is 22.3 Å². The highest BCUT2D eigenvalue weighted by Crippen LogP contribution is 2.23. The third-order valence-electron chi connectivity index (χ3n) is 4.79. The maximum absolute atomic E-state index is 12.9. The average Bonchev–Trinajstić information content (AvgIpc) is 3.38. The van der Waals surface area contributed by atoms with Crippen LogP contribution < -0.4 is 10.6 Å². The van der Waals surface area contributed by atoms with Crippen LogP contribution in [-0.2, 0) is 24.4 Å². The first-order valence-corrected chi connectivity index (χ1v) is 8.85. The third-order valence-corrected chi connectivity index (χ3v) is 4.79. The van der Waals surface area contributed by atoms with E-state index in [1.807, 2.05) is 0 Å². The van der Waals surface area contributed by atoms with Gasteiger partial charge in [-0.25, -0.2) is 0 Å². The van der Waals surface area contributed by atoms with Crippen molar-refractivity contribution in [2.45, 2.75) is 26.3 Å². The molecule has 0 radical (unpaired) electrons. The maximum Gasteiger partial charge on any atom is 0.307 e. The molecular formula is C17H21N9O4. The number of hydrogen-bond acceptors (Lipinski definition) is 7. The van der Waals surface area contributed by atoms with Gasteiger partial charge in [-0.05, 0) is 20.8 Å². The van der Waals surface area contributed by atoms with Crippen molar-refractivity contribution in [2.75, 3.05) is 10.6 Å². The van der Waals surface area contributed by atoms with Crippen molar-refractivity contribution in [3.63, 3.8) is 0 Å². The van der Waals surface area contributed by atoms with Crippen molar-refractivity contribution in [3.8, 4) is 0 Å². The van der Waals surface area contributed by atoms with Crippen LogP contribution in [0.1, 0.15) is 30.0 Å². The van der Waals surface area contributed by atoms with Gasteiger partial charge in [0.15, 0.2) is 0 Å². The second-order valence-electron chi connectivity index (χ2n) is 7.17. The van der Waals surface area contributed by atoms with E-state index in [4.69, 9.17) is 0 Å². The summed E-state index contributed by atoms with van der Waals surface area (Å²) in [6.07, 6.45) is 5.11. The van der Waals surface area contributed by atoms with Gasteiger partial charge in [0.1, 0.15) is 23.6 Å². The van der Waals surface area contributed by atoms with Gasteiger partial charge in [-0.15, -0.1) is 0 Å². The fourth-order valence-electron chi connectivity index (χ4n) is 2.69. The number of anilines is 2. The van der Waals surface area contributed by atoms with Crippen LogP contribution in [0.25, 0.3) is 0 Å². The molecule has 0 aliphatic heterocycles. The minimum atomic E-state index is -1.27. The van der Waals surface area contributed by atoms with E-state index in [1.165, 1.54) is 28.0 Å². The molecule has 3 heterocycles. The van der Waals surface area contributed by atoms with Crippen LogP contribution in [0.3, 0.4) is 0 Å². The predicted molar refractivity (Wildman–Crippen MR) is 106 cm³/mol. The van der Waals surface area contributed by atoms with E-state index in [2.05, 4.69) is 25.9 Å². The minimum Gasteiger partial charge on any atom is -0.321 e. The summed E-state index contributed by atoms with van der Waals surface area (Å²) < 4.78 is 4.14. The lowest BCUT2D eigenvalue weighted by molar-refractivity contribution is -0.385. The summed E-state index contributed by atoms with van der Waals surface area (Å²) >= 11 is 0. The summed E-state index contributed by atoms with van der Waals surface area (Å²) in [6, 6.07) is 0. The Morgan fingerprint density at radius 1 is 1.03 bits per heavy atom. The summed E-state index contributed by atoms with van der Waals surface area (Å²) in [5, 5.41) is 28.3. The molecule has 0 atom stereocenters. The van der Waals surface area contributed by atoms with E-state index >= 15 is 0 Å². The van der Waals surface area contributed by atoms with Gasteiger partial charge in [0, 0.05) is 14.1 Å². The van der Waals surface area contributed by atoms with Gasteiger partial charge < -0.3 is 10.6 Å². The second kappa shape index (κ2) is 7.42. The smallest absolute Gasteiger partial charge is 0.307 e. The zero-order valence-corrected chi connectivity index (χ0v) is 17.1. The van der Waals surface area contributed by atoms with Crippen LogP contribution in [0.4, 0.5) is 17.1 Å². The zero-order valence-electron chi connectivity index (χ0n) is 17.1. The number of hydrogen-bond donors (Lipinski definition) is 2. The molecule has 0 saturated carbocycles. The van der Waals surface area contributed by atoms with E-state index in [0.29, 0.717) is 5.69 Å². The van der Waals surface area contributed by atoms with Gasteiger partial charge in [-0.1, -0.05) is 0 Å². The van der Waals surface area contributed by atoms with Gasteiger partial charge in [0.05, 0.1) is 34.4 Å². The van der Waals surface area contributed by atoms with Crippen LogP contribution in [0.5, 0.6) is 0 Å². The van der Waals surface area contributed by atoms with Crippen LogP contribution in [-0.4, -0.2) is 46.1 Å². The molecule has 0 aliphatic carbocycles. The number of nitrogens with zero attached hydrogens (tertiary/aromatic N) is 7. The summed E-state index contributed by atoms with van der Waals surface area (Å²) in [4.78, 5) is 36.0. The Hall–Kier alpha value is -4.03. The Morgan fingerprint density at radius 3 is 2.23 bits per heavy atom. The number of aromatic nitrogens is 6. The Morgan fingerprint density at radius 2 is 1.67 bits per heavy atom. The zero-order chi connectivity index (χ0) is 22.2. The fourth-order valence-corrected chi connectivity index (χ4v) is 2.69. The van der Waals surface area contributed by atoms with Gasteiger partial charge in [-0.3, -0.25) is 33.7 Å². The predicted octanol–water partition coefficient (Wildman–Crippen LogP) is 1.19. The van der Waals surface area contributed by atoms with Gasteiger partial charge in [0.2, 0.25) is 0 Å². The van der Waals surface area contributed by atoms with Crippen LogP contribution in [0.15, 0.2) is 24.8 Å². The Balaban J connectivity index is 1.83. The van der Waals surface area contributed by atoms with Crippen molar-refractivity contribution in [3.05, 3.63) is 46.3 Å². The number of nitrogens with one attached hydrogen (secondary N) is 2. The molecule has 0 aliphatic rings. The molecule has 2 N–H and O–H groups in total. The number of rotatable bonds is 6. The first kappa shape index (κ1) is 20.7. The molecule has 2 amide bonds. The Kier molecular flexibility index (Phi) is 5.12. The number of aryl methyl sites for hydroxylation is 2. The van der Waals surface area contributed by atoms with Gasteiger partial charge in [-0.2, -0.15) is 15.3 Å². The molecule has 0 saturated heterocycles. The monoisotopic (exact) mass is 415 g/mol. The molecule has 3 aromatic rings. The maximum atomic E-state index is 12.9. The molecular weight excluding hydrogens is 394 g/mol. The van der Waals surface area contributed by atoms with Crippen molar-refractivity contribution in [1.82, 2.24) is 29.3 Å². The standard InChI is InChI=1S/C17H21N9O4/c1-10-12(7-18-23(10)4)21-15(27)14-13(8-19-24(14)5)22-16(28)17(2,3)25-9-11(6-20-25)26(29)30/h6-9H,1-5H3,(H,21,27)(H,22,28). The fraction of sp³-hybridized carbons (Fsp3) is 0.353. The molecule has 30 heavy (non-hydrogen) atoms. The normalized spacial score (nSPS) is 11.4. The molecule has 158 valence electrons. The quantitative estimate of drug-likeness (QED) is 0.452. The van der Waals surface area contributed by atoms with Crippen LogP contribution >= 0.6 is 0 Å². The molecule has 0 fully saturated rings. The average molecular weight is 415 g/mol. The van der Waals surface area contributed by atoms with Gasteiger partial charge >= 0.3 is 5.69 Å². The molecule has 0 aromatic carbocycles. The number of amides is 2. The lowest BCUT2D eigenvalue weighted by Gasteiger charge is -2.23. The topological polar surface area (TPSA) is 155 Å². The van der Waals surface area contributed by atoms with Crippen molar-refractivity contribution >= 4 is 28.9 Å². The highest BCUT2D eigenvalue weighted by molar-refractivity contribution is 6.09. The first-order chi connectivity index (χ1) is 14.0. The summed E-state index contributed by atoms with van der Waals surface area (Å²) in [7, 11) is 3.32. The summed E-state index contributed by atoms with van der Waals surface area (Å²) in [5.74, 6) is -1.01. The van der Waals surface area contributed by atoms with Crippen LogP contribution in [0, 0.1) is 17.0 Å². The Labute approximate surface area is 170 Å². The lowest BCUT2D eigenvalue weighted by atomic mass is 10.0. The number of nitro groups is 1. The molecule has 0 spiro atoms. The van der Waals surface area contributed by atoms with E-state index in [-0.39, 0.29) is 17.1 Å². The van der Waals surface area contributed by atoms with Crippen molar-refractivity contribution < 1.29 is 14.5 Å². The molecule has 13 nitrogen and oxygen atoms in total. The van der Waals surface area contributed by atoms with Crippen LogP contribution in [0.2, 0.25) is 0 Å². The molecule has 0 unspecified atom stereocenters. The molecule has 3 rings (SSSR count). The van der Waals surface area contributed by atoms with E-state index in [9.17, 15) is 19.7 Å². The minimum absolute atomic E-state index is 0.133. The molecule has 13 heteroatoms. The SMILES string of the molecule is Cc1c(NC(=O)c2c(NC(=O)C(C)(C)n3cc([N+](=O)[O-])cn3)cnn2C)cnn1C. The number of carbonyl (C=O) groups is 2. The van der Waals surface area contributed by atoms with E-state index in [0.717, 1.165) is 11.9 Å². The molecule has 3 aromatic heterocycles. The summed E-state index contributed by atoms with van der Waals surface area (Å²) in [5.41, 5.74) is 0.120.